The highest BCUT2D eigenvalue weighted by atomic mass is 35.5. The van der Waals surface area contributed by atoms with Crippen LogP contribution in [0.2, 0.25) is 0 Å². The molecule has 1 aliphatic heterocycles. The normalized spacial score (nSPS) is 19.6. The minimum absolute atomic E-state index is 0. The zero-order valence-electron chi connectivity index (χ0n) is 17.8. The Morgan fingerprint density at radius 1 is 0.852 bits per heavy atom. The van der Waals surface area contributed by atoms with Crippen molar-refractivity contribution in [2.45, 2.75) is 115 Å². The monoisotopic (exact) mass is 403 g/mol. The average Bonchev–Trinajstić information content (AvgIpc) is 3.06. The summed E-state index contributed by atoms with van der Waals surface area (Å²) in [5.74, 6) is 0. The second-order valence-electron chi connectivity index (χ2n) is 8.01. The van der Waals surface area contributed by atoms with Gasteiger partial charge in [-0.1, -0.05) is 76.9 Å². The van der Waals surface area contributed by atoms with E-state index in [4.69, 9.17) is 4.74 Å². The quantitative estimate of drug-likeness (QED) is 0.212. The fraction of sp³-hybridized carbons (Fsp3) is 0.913. The summed E-state index contributed by atoms with van der Waals surface area (Å²) in [5, 5.41) is 12.7. The Balaban J connectivity index is 0.00000676. The molecular formula is C23H46ClNO2. The topological polar surface area (TPSA) is 41.5 Å². The Labute approximate surface area is 175 Å². The van der Waals surface area contributed by atoms with E-state index < -0.39 is 0 Å². The highest BCUT2D eigenvalue weighted by molar-refractivity contribution is 5.85. The van der Waals surface area contributed by atoms with Crippen molar-refractivity contribution in [3.05, 3.63) is 12.2 Å². The second kappa shape index (κ2) is 20.6. The Hall–Kier alpha value is -0.0900. The number of aliphatic hydroxyl groups is 1. The molecule has 1 saturated heterocycles. The lowest BCUT2D eigenvalue weighted by molar-refractivity contribution is 0.107. The Bertz CT molecular complexity index is 326. The molecule has 2 atom stereocenters. The molecule has 3 nitrogen and oxygen atoms in total. The number of β-amino-alcohol motifs (C(OH)–C–C–N with tert-alkyl or cyclic N) is 1. The first-order chi connectivity index (χ1) is 12.8. The molecule has 4 heteroatoms. The third-order valence-corrected chi connectivity index (χ3v) is 5.32. The molecule has 1 heterocycles. The van der Waals surface area contributed by atoms with E-state index in [1.54, 1.807) is 0 Å². The SMILES string of the molecule is CCCCCCCC/C=C\CCCCCCCCOC[C@@H]1C[C@@H](O)CN1.Cl. The number of halogens is 1. The van der Waals surface area contributed by atoms with Crippen molar-refractivity contribution in [3.8, 4) is 0 Å². The van der Waals surface area contributed by atoms with Crippen molar-refractivity contribution in [1.82, 2.24) is 5.32 Å². The number of hydrogen-bond donors (Lipinski definition) is 2. The molecule has 0 unspecified atom stereocenters. The highest BCUT2D eigenvalue weighted by Crippen LogP contribution is 2.10. The van der Waals surface area contributed by atoms with Gasteiger partial charge in [0, 0.05) is 19.2 Å². The van der Waals surface area contributed by atoms with Gasteiger partial charge in [-0.3, -0.25) is 0 Å². The molecular weight excluding hydrogens is 358 g/mol. The Kier molecular flexibility index (Phi) is 20.6. The lowest BCUT2D eigenvalue weighted by Gasteiger charge is -2.10. The van der Waals surface area contributed by atoms with Crippen molar-refractivity contribution >= 4 is 12.4 Å². The number of aliphatic hydroxyl groups excluding tert-OH is 1. The van der Waals surface area contributed by atoms with Gasteiger partial charge in [-0.25, -0.2) is 0 Å². The molecule has 0 spiro atoms. The lowest BCUT2D eigenvalue weighted by Crippen LogP contribution is -2.26. The third-order valence-electron chi connectivity index (χ3n) is 5.32. The highest BCUT2D eigenvalue weighted by Gasteiger charge is 2.21. The summed E-state index contributed by atoms with van der Waals surface area (Å²) >= 11 is 0. The van der Waals surface area contributed by atoms with Crippen LogP contribution >= 0.6 is 12.4 Å². The van der Waals surface area contributed by atoms with Gasteiger partial charge < -0.3 is 15.2 Å². The van der Waals surface area contributed by atoms with E-state index in [-0.39, 0.29) is 18.5 Å². The zero-order valence-corrected chi connectivity index (χ0v) is 18.6. The van der Waals surface area contributed by atoms with Gasteiger partial charge in [0.25, 0.3) is 0 Å². The van der Waals surface area contributed by atoms with Crippen LogP contribution in [0.4, 0.5) is 0 Å². The lowest BCUT2D eigenvalue weighted by atomic mass is 10.1. The van der Waals surface area contributed by atoms with Crippen LogP contribution < -0.4 is 5.32 Å². The Morgan fingerprint density at radius 2 is 1.41 bits per heavy atom. The number of hydrogen-bond acceptors (Lipinski definition) is 3. The van der Waals surface area contributed by atoms with Crippen molar-refractivity contribution < 1.29 is 9.84 Å². The second-order valence-corrected chi connectivity index (χ2v) is 8.01. The molecule has 0 amide bonds. The van der Waals surface area contributed by atoms with Gasteiger partial charge in [0.1, 0.15) is 0 Å². The summed E-state index contributed by atoms with van der Waals surface area (Å²) in [6.07, 6.45) is 24.3. The van der Waals surface area contributed by atoms with E-state index >= 15 is 0 Å². The fourth-order valence-electron chi connectivity index (χ4n) is 3.60. The van der Waals surface area contributed by atoms with Gasteiger partial charge in [-0.15, -0.1) is 12.4 Å². The molecule has 0 aliphatic carbocycles. The van der Waals surface area contributed by atoms with Gasteiger partial charge in [-0.2, -0.15) is 0 Å². The number of rotatable bonds is 18. The number of unbranched alkanes of at least 4 members (excludes halogenated alkanes) is 12. The summed E-state index contributed by atoms with van der Waals surface area (Å²) in [7, 11) is 0. The van der Waals surface area contributed by atoms with Gasteiger partial charge >= 0.3 is 0 Å². The van der Waals surface area contributed by atoms with Crippen LogP contribution in [0.15, 0.2) is 12.2 Å². The molecule has 0 bridgehead atoms. The smallest absolute Gasteiger partial charge is 0.0680 e. The molecule has 0 radical (unpaired) electrons. The maximum absolute atomic E-state index is 9.43. The minimum Gasteiger partial charge on any atom is -0.392 e. The summed E-state index contributed by atoms with van der Waals surface area (Å²) in [5.41, 5.74) is 0. The molecule has 0 aromatic carbocycles. The Morgan fingerprint density at radius 3 is 1.96 bits per heavy atom. The van der Waals surface area contributed by atoms with Crippen molar-refractivity contribution in [2.75, 3.05) is 19.8 Å². The van der Waals surface area contributed by atoms with E-state index in [1.807, 2.05) is 0 Å². The summed E-state index contributed by atoms with van der Waals surface area (Å²) in [6, 6.07) is 0.360. The van der Waals surface area contributed by atoms with Crippen LogP contribution in [-0.2, 0) is 4.74 Å². The maximum atomic E-state index is 9.43. The molecule has 2 N–H and O–H groups in total. The largest absolute Gasteiger partial charge is 0.392 e. The van der Waals surface area contributed by atoms with Crippen LogP contribution in [0.25, 0.3) is 0 Å². The molecule has 1 aliphatic rings. The van der Waals surface area contributed by atoms with Crippen molar-refractivity contribution in [3.63, 3.8) is 0 Å². The summed E-state index contributed by atoms with van der Waals surface area (Å²) < 4.78 is 5.70. The zero-order chi connectivity index (χ0) is 18.7. The molecule has 1 rings (SSSR count). The van der Waals surface area contributed by atoms with Crippen LogP contribution in [0.3, 0.4) is 0 Å². The summed E-state index contributed by atoms with van der Waals surface area (Å²) in [4.78, 5) is 0. The molecule has 0 saturated carbocycles. The minimum atomic E-state index is -0.172. The summed E-state index contributed by atoms with van der Waals surface area (Å²) in [6.45, 7) is 4.63. The van der Waals surface area contributed by atoms with E-state index in [0.717, 1.165) is 26.2 Å². The first-order valence-electron chi connectivity index (χ1n) is 11.5. The molecule has 1 fully saturated rings. The molecule has 27 heavy (non-hydrogen) atoms. The van der Waals surface area contributed by atoms with E-state index in [1.165, 1.54) is 89.9 Å². The van der Waals surface area contributed by atoms with Gasteiger partial charge in [0.15, 0.2) is 0 Å². The third kappa shape index (κ3) is 17.7. The van der Waals surface area contributed by atoms with Crippen molar-refractivity contribution in [2.24, 2.45) is 0 Å². The van der Waals surface area contributed by atoms with Crippen LogP contribution in [0.1, 0.15) is 103 Å². The fourth-order valence-corrected chi connectivity index (χ4v) is 3.60. The van der Waals surface area contributed by atoms with Gasteiger partial charge in [-0.05, 0) is 38.5 Å². The maximum Gasteiger partial charge on any atom is 0.0680 e. The predicted octanol–water partition coefficient (Wildman–Crippen LogP) is 6.19. The average molecular weight is 404 g/mol. The first kappa shape index (κ1) is 26.9. The van der Waals surface area contributed by atoms with Crippen LogP contribution in [0, 0.1) is 0 Å². The number of ether oxygens (including phenoxy) is 1. The molecule has 0 aromatic heterocycles. The van der Waals surface area contributed by atoms with Crippen molar-refractivity contribution in [1.29, 1.82) is 0 Å². The molecule has 162 valence electrons. The number of allylic oxidation sites excluding steroid dienone is 2. The van der Waals surface area contributed by atoms with Gasteiger partial charge in [0.2, 0.25) is 0 Å². The first-order valence-corrected chi connectivity index (χ1v) is 11.5. The van der Waals surface area contributed by atoms with Gasteiger partial charge in [0.05, 0.1) is 12.7 Å². The standard InChI is InChI=1S/C23H45NO2.ClH/c1-2-3-4-5-6-7-8-9-10-11-12-13-14-15-16-17-18-26-21-22-19-23(25)20-24-22;/h9-10,22-25H,2-8,11-21H2,1H3;1H/b10-9-;/t22-,23+;/m0./s1. The molecule has 0 aromatic rings. The van der Waals surface area contributed by atoms with E-state index in [2.05, 4.69) is 24.4 Å². The van der Waals surface area contributed by atoms with Crippen LogP contribution in [-0.4, -0.2) is 37.0 Å². The van der Waals surface area contributed by atoms with E-state index in [0.29, 0.717) is 6.04 Å². The number of nitrogens with one attached hydrogen (secondary N) is 1. The predicted molar refractivity (Wildman–Crippen MR) is 120 cm³/mol. The van der Waals surface area contributed by atoms with Crippen LogP contribution in [0.5, 0.6) is 0 Å². The van der Waals surface area contributed by atoms with E-state index in [9.17, 15) is 5.11 Å².